The molecule has 5 heteroatoms. The molecule has 0 saturated carbocycles. The van der Waals surface area contributed by atoms with Crippen molar-refractivity contribution in [2.75, 3.05) is 5.32 Å². The van der Waals surface area contributed by atoms with Crippen molar-refractivity contribution >= 4 is 27.5 Å². The zero-order chi connectivity index (χ0) is 12.3. The number of amides is 1. The van der Waals surface area contributed by atoms with Gasteiger partial charge in [0.25, 0.3) is 0 Å². The average molecular weight is 289 g/mol. The predicted octanol–water partition coefficient (Wildman–Crippen LogP) is 2.51. The summed E-state index contributed by atoms with van der Waals surface area (Å²) in [6.07, 6.45) is 0. The minimum Gasteiger partial charge on any atom is -0.327 e. The first-order valence-electron chi connectivity index (χ1n) is 4.93. The highest BCUT2D eigenvalue weighted by molar-refractivity contribution is 9.10. The summed E-state index contributed by atoms with van der Waals surface area (Å²) >= 11 is 3.05. The number of anilines is 1. The van der Waals surface area contributed by atoms with Crippen LogP contribution in [0, 0.1) is 11.7 Å². The summed E-state index contributed by atoms with van der Waals surface area (Å²) in [6, 6.07) is 4.09. The Morgan fingerprint density at radius 2 is 2.12 bits per heavy atom. The fourth-order valence-electron chi connectivity index (χ4n) is 1.07. The molecule has 0 aliphatic heterocycles. The lowest BCUT2D eigenvalue weighted by Crippen LogP contribution is -2.34. The number of hydrogen-bond donors (Lipinski definition) is 2. The number of nitrogens with one attached hydrogen (secondary N) is 1. The van der Waals surface area contributed by atoms with E-state index in [1.807, 2.05) is 0 Å². The monoisotopic (exact) mass is 288 g/mol. The van der Waals surface area contributed by atoms with Crippen LogP contribution in [-0.4, -0.2) is 11.9 Å². The molecule has 0 fully saturated rings. The second kappa shape index (κ2) is 5.41. The molecule has 0 heterocycles. The van der Waals surface area contributed by atoms with Crippen LogP contribution in [0.15, 0.2) is 22.7 Å². The van der Waals surface area contributed by atoms with Gasteiger partial charge in [-0.2, -0.15) is 0 Å². The first-order chi connectivity index (χ1) is 7.41. The molecule has 0 radical (unpaired) electrons. The minimum absolute atomic E-state index is 0.173. The fourth-order valence-corrected chi connectivity index (χ4v) is 1.45. The zero-order valence-corrected chi connectivity index (χ0v) is 10.7. The summed E-state index contributed by atoms with van der Waals surface area (Å²) in [5.41, 5.74) is 6.16. The van der Waals surface area contributed by atoms with E-state index < -0.39 is 0 Å². The average Bonchev–Trinajstić information content (AvgIpc) is 2.22. The van der Waals surface area contributed by atoms with Crippen molar-refractivity contribution in [1.82, 2.24) is 0 Å². The fraction of sp³-hybridized carbons (Fsp3) is 0.364. The molecule has 2 unspecified atom stereocenters. The number of hydrogen-bond acceptors (Lipinski definition) is 2. The van der Waals surface area contributed by atoms with E-state index in [1.54, 1.807) is 13.8 Å². The van der Waals surface area contributed by atoms with Crippen LogP contribution >= 0.6 is 15.9 Å². The number of halogens is 2. The smallest absolute Gasteiger partial charge is 0.228 e. The highest BCUT2D eigenvalue weighted by Gasteiger charge is 2.17. The van der Waals surface area contributed by atoms with E-state index in [9.17, 15) is 9.18 Å². The van der Waals surface area contributed by atoms with Gasteiger partial charge in [0.05, 0.1) is 10.4 Å². The van der Waals surface area contributed by atoms with E-state index in [2.05, 4.69) is 21.2 Å². The lowest BCUT2D eigenvalue weighted by Gasteiger charge is -2.15. The van der Waals surface area contributed by atoms with Gasteiger partial charge < -0.3 is 11.1 Å². The summed E-state index contributed by atoms with van der Waals surface area (Å²) < 4.78 is 13.3. The number of carbonyl (C=O) groups is 1. The minimum atomic E-state index is -0.363. The number of carbonyl (C=O) groups excluding carboxylic acids is 1. The van der Waals surface area contributed by atoms with Gasteiger partial charge in [-0.25, -0.2) is 4.39 Å². The number of benzene rings is 1. The van der Waals surface area contributed by atoms with Crippen molar-refractivity contribution in [3.8, 4) is 0 Å². The van der Waals surface area contributed by atoms with Gasteiger partial charge >= 0.3 is 0 Å². The summed E-state index contributed by atoms with van der Waals surface area (Å²) in [6.45, 7) is 3.52. The van der Waals surface area contributed by atoms with Gasteiger partial charge in [-0.1, -0.05) is 6.92 Å². The van der Waals surface area contributed by atoms with Crippen molar-refractivity contribution in [3.05, 3.63) is 28.5 Å². The SMILES string of the molecule is CC(N)C(C)C(=O)Nc1ccc(F)c(Br)c1. The van der Waals surface area contributed by atoms with Crippen LogP contribution in [0.2, 0.25) is 0 Å². The highest BCUT2D eigenvalue weighted by Crippen LogP contribution is 2.20. The molecular formula is C11H14BrFN2O. The third kappa shape index (κ3) is 3.28. The Hall–Kier alpha value is -0.940. The van der Waals surface area contributed by atoms with Gasteiger partial charge in [-0.15, -0.1) is 0 Å². The molecule has 0 spiro atoms. The Morgan fingerprint density at radius 1 is 1.50 bits per heavy atom. The molecule has 0 bridgehead atoms. The van der Waals surface area contributed by atoms with Gasteiger partial charge in [0.2, 0.25) is 5.91 Å². The molecule has 1 aromatic rings. The van der Waals surface area contributed by atoms with Crippen molar-refractivity contribution in [1.29, 1.82) is 0 Å². The van der Waals surface area contributed by atoms with Crippen molar-refractivity contribution < 1.29 is 9.18 Å². The predicted molar refractivity (Wildman–Crippen MR) is 65.5 cm³/mol. The Morgan fingerprint density at radius 3 is 2.62 bits per heavy atom. The summed E-state index contributed by atoms with van der Waals surface area (Å²) in [4.78, 5) is 11.6. The Bertz CT molecular complexity index is 396. The van der Waals surface area contributed by atoms with E-state index >= 15 is 0 Å². The molecule has 0 saturated heterocycles. The van der Waals surface area contributed by atoms with Crippen LogP contribution in [0.5, 0.6) is 0 Å². The second-order valence-electron chi connectivity index (χ2n) is 3.77. The zero-order valence-electron chi connectivity index (χ0n) is 9.13. The summed E-state index contributed by atoms with van der Waals surface area (Å²) in [7, 11) is 0. The second-order valence-corrected chi connectivity index (χ2v) is 4.62. The van der Waals surface area contributed by atoms with Crippen LogP contribution in [-0.2, 0) is 4.79 Å². The van der Waals surface area contributed by atoms with E-state index in [-0.39, 0.29) is 23.7 Å². The lowest BCUT2D eigenvalue weighted by molar-refractivity contribution is -0.119. The molecule has 0 aliphatic rings. The number of nitrogens with two attached hydrogens (primary N) is 1. The van der Waals surface area contributed by atoms with Gasteiger partial charge in [0.15, 0.2) is 0 Å². The molecule has 1 rings (SSSR count). The Labute approximate surface area is 102 Å². The lowest BCUT2D eigenvalue weighted by atomic mass is 10.0. The molecule has 2 atom stereocenters. The van der Waals surface area contributed by atoms with Gasteiger partial charge in [-0.05, 0) is 41.1 Å². The normalized spacial score (nSPS) is 14.3. The molecule has 16 heavy (non-hydrogen) atoms. The van der Waals surface area contributed by atoms with E-state index in [0.29, 0.717) is 10.2 Å². The molecule has 0 aliphatic carbocycles. The first-order valence-corrected chi connectivity index (χ1v) is 5.72. The van der Waals surface area contributed by atoms with Crippen molar-refractivity contribution in [2.45, 2.75) is 19.9 Å². The van der Waals surface area contributed by atoms with Crippen LogP contribution < -0.4 is 11.1 Å². The number of rotatable bonds is 3. The third-order valence-corrected chi connectivity index (χ3v) is 3.00. The molecule has 1 aromatic carbocycles. The Balaban J connectivity index is 2.74. The van der Waals surface area contributed by atoms with Crippen LogP contribution in [0.25, 0.3) is 0 Å². The maximum absolute atomic E-state index is 12.9. The summed E-state index contributed by atoms with van der Waals surface area (Å²) in [5, 5.41) is 2.68. The van der Waals surface area contributed by atoms with E-state index in [0.717, 1.165) is 0 Å². The van der Waals surface area contributed by atoms with Gasteiger partial charge in [0.1, 0.15) is 5.82 Å². The van der Waals surface area contributed by atoms with Crippen LogP contribution in [0.4, 0.5) is 10.1 Å². The van der Waals surface area contributed by atoms with Crippen molar-refractivity contribution in [2.24, 2.45) is 11.7 Å². The molecule has 0 aromatic heterocycles. The maximum atomic E-state index is 12.9. The van der Waals surface area contributed by atoms with Crippen LogP contribution in [0.3, 0.4) is 0 Å². The van der Waals surface area contributed by atoms with Crippen molar-refractivity contribution in [3.63, 3.8) is 0 Å². The largest absolute Gasteiger partial charge is 0.327 e. The van der Waals surface area contributed by atoms with E-state index in [1.165, 1.54) is 18.2 Å². The molecule has 1 amide bonds. The molecular weight excluding hydrogens is 275 g/mol. The molecule has 3 nitrogen and oxygen atoms in total. The molecule has 3 N–H and O–H groups in total. The van der Waals surface area contributed by atoms with Crippen LogP contribution in [0.1, 0.15) is 13.8 Å². The topological polar surface area (TPSA) is 55.1 Å². The maximum Gasteiger partial charge on any atom is 0.228 e. The highest BCUT2D eigenvalue weighted by atomic mass is 79.9. The third-order valence-electron chi connectivity index (χ3n) is 2.39. The quantitative estimate of drug-likeness (QED) is 0.898. The van der Waals surface area contributed by atoms with Gasteiger partial charge in [-0.3, -0.25) is 4.79 Å². The van der Waals surface area contributed by atoms with E-state index in [4.69, 9.17) is 5.73 Å². The summed E-state index contributed by atoms with van der Waals surface area (Å²) in [5.74, 6) is -0.824. The Kier molecular flexibility index (Phi) is 4.44. The van der Waals surface area contributed by atoms with Gasteiger partial charge in [0, 0.05) is 11.7 Å². The molecule has 88 valence electrons. The standard InChI is InChI=1S/C11H14BrFN2O/c1-6(7(2)14)11(16)15-8-3-4-10(13)9(12)5-8/h3-7H,14H2,1-2H3,(H,15,16). The first kappa shape index (κ1) is 13.1.